The average Bonchev–Trinajstić information content (AvgIpc) is 2.77. The zero-order valence-electron chi connectivity index (χ0n) is 16.1. The maximum absolute atomic E-state index is 13.0. The summed E-state index contributed by atoms with van der Waals surface area (Å²) in [5.41, 5.74) is 1.22. The van der Waals surface area contributed by atoms with Crippen LogP contribution in [-0.2, 0) is 0 Å². The molecule has 0 unspecified atom stereocenters. The Balaban J connectivity index is 1.30. The molecular formula is C23H23FN4O. The monoisotopic (exact) mass is 390 g/mol. The minimum atomic E-state index is -0.294. The molecule has 3 aromatic rings. The number of halogens is 1. The van der Waals surface area contributed by atoms with Gasteiger partial charge in [-0.1, -0.05) is 42.5 Å². The summed E-state index contributed by atoms with van der Waals surface area (Å²) in [6, 6.07) is 17.9. The van der Waals surface area contributed by atoms with E-state index in [-0.39, 0.29) is 5.82 Å². The first kappa shape index (κ1) is 19.1. The lowest BCUT2D eigenvalue weighted by atomic mass is 10.2. The number of hydrogen-bond donors (Lipinski definition) is 0. The Kier molecular flexibility index (Phi) is 6.12. The molecule has 4 rings (SSSR count). The average molecular weight is 390 g/mol. The Bertz CT molecular complexity index is 939. The van der Waals surface area contributed by atoms with E-state index >= 15 is 0 Å². The molecular weight excluding hydrogens is 367 g/mol. The van der Waals surface area contributed by atoms with Gasteiger partial charge in [0, 0.05) is 45.0 Å². The molecule has 0 amide bonds. The molecule has 1 aliphatic rings. The van der Waals surface area contributed by atoms with Gasteiger partial charge in [-0.15, -0.1) is 0 Å². The van der Waals surface area contributed by atoms with E-state index in [0.717, 1.165) is 32.7 Å². The number of ether oxygens (including phenoxy) is 1. The minimum Gasteiger partial charge on any atom is -0.439 e. The molecule has 2 aromatic carbocycles. The molecule has 0 aliphatic carbocycles. The van der Waals surface area contributed by atoms with Gasteiger partial charge in [-0.2, -0.15) is 4.98 Å². The zero-order valence-corrected chi connectivity index (χ0v) is 16.1. The number of piperazine rings is 1. The second-order valence-electron chi connectivity index (χ2n) is 6.85. The molecule has 0 N–H and O–H groups in total. The lowest BCUT2D eigenvalue weighted by Gasteiger charge is -2.34. The van der Waals surface area contributed by atoms with Gasteiger partial charge in [0.2, 0.25) is 11.8 Å². The molecule has 1 aliphatic heterocycles. The molecule has 0 spiro atoms. The van der Waals surface area contributed by atoms with Crippen molar-refractivity contribution >= 4 is 12.0 Å². The number of rotatable bonds is 6. The van der Waals surface area contributed by atoms with Crippen molar-refractivity contribution < 1.29 is 9.13 Å². The topological polar surface area (TPSA) is 41.5 Å². The highest BCUT2D eigenvalue weighted by Crippen LogP contribution is 2.21. The first-order valence-corrected chi connectivity index (χ1v) is 9.72. The third-order valence-corrected chi connectivity index (χ3v) is 4.78. The van der Waals surface area contributed by atoms with Gasteiger partial charge in [-0.3, -0.25) is 4.90 Å². The lowest BCUT2D eigenvalue weighted by Crippen LogP contribution is -2.46. The number of nitrogens with zero attached hydrogens (tertiary/aromatic N) is 4. The number of anilines is 1. The molecule has 1 fully saturated rings. The molecule has 2 heterocycles. The van der Waals surface area contributed by atoms with Crippen molar-refractivity contribution in [2.24, 2.45) is 0 Å². The molecule has 0 bridgehead atoms. The fourth-order valence-electron chi connectivity index (χ4n) is 3.20. The van der Waals surface area contributed by atoms with E-state index in [0.29, 0.717) is 17.6 Å². The molecule has 148 valence electrons. The normalized spacial score (nSPS) is 15.0. The van der Waals surface area contributed by atoms with Crippen LogP contribution in [0.1, 0.15) is 5.56 Å². The smallest absolute Gasteiger partial charge is 0.228 e. The zero-order chi connectivity index (χ0) is 19.9. The Morgan fingerprint density at radius 3 is 2.45 bits per heavy atom. The van der Waals surface area contributed by atoms with Crippen LogP contribution in [0.15, 0.2) is 72.9 Å². The molecule has 0 atom stereocenters. The predicted octanol–water partition coefficient (Wildman–Crippen LogP) is 4.24. The highest BCUT2D eigenvalue weighted by molar-refractivity contribution is 5.48. The van der Waals surface area contributed by atoms with Gasteiger partial charge in [0.05, 0.1) is 0 Å². The van der Waals surface area contributed by atoms with Crippen molar-refractivity contribution in [3.8, 4) is 11.6 Å². The summed E-state index contributed by atoms with van der Waals surface area (Å²) >= 11 is 0. The van der Waals surface area contributed by atoms with Crippen molar-refractivity contribution in [1.82, 2.24) is 14.9 Å². The van der Waals surface area contributed by atoms with Crippen LogP contribution >= 0.6 is 0 Å². The van der Waals surface area contributed by atoms with E-state index in [1.54, 1.807) is 24.4 Å². The largest absolute Gasteiger partial charge is 0.439 e. The summed E-state index contributed by atoms with van der Waals surface area (Å²) in [6.45, 7) is 4.55. The van der Waals surface area contributed by atoms with E-state index in [9.17, 15) is 4.39 Å². The number of hydrogen-bond acceptors (Lipinski definition) is 5. The van der Waals surface area contributed by atoms with Crippen LogP contribution in [0.2, 0.25) is 0 Å². The first-order chi connectivity index (χ1) is 14.3. The minimum absolute atomic E-state index is 0.294. The number of benzene rings is 2. The van der Waals surface area contributed by atoms with Crippen LogP contribution in [0.25, 0.3) is 6.08 Å². The summed E-state index contributed by atoms with van der Waals surface area (Å²) in [7, 11) is 0. The summed E-state index contributed by atoms with van der Waals surface area (Å²) in [6.07, 6.45) is 6.06. The van der Waals surface area contributed by atoms with Crippen LogP contribution in [0.3, 0.4) is 0 Å². The predicted molar refractivity (Wildman–Crippen MR) is 113 cm³/mol. The van der Waals surface area contributed by atoms with Crippen molar-refractivity contribution in [2.45, 2.75) is 0 Å². The number of aromatic nitrogens is 2. The Morgan fingerprint density at radius 1 is 0.931 bits per heavy atom. The molecule has 0 radical (unpaired) electrons. The van der Waals surface area contributed by atoms with Crippen molar-refractivity contribution in [2.75, 3.05) is 37.6 Å². The molecule has 0 saturated carbocycles. The van der Waals surface area contributed by atoms with Gasteiger partial charge >= 0.3 is 0 Å². The third kappa shape index (κ3) is 5.39. The maximum atomic E-state index is 13.0. The Morgan fingerprint density at radius 2 is 1.69 bits per heavy atom. The van der Waals surface area contributed by atoms with Crippen molar-refractivity contribution in [3.63, 3.8) is 0 Å². The van der Waals surface area contributed by atoms with E-state index in [2.05, 4.69) is 44.1 Å². The first-order valence-electron chi connectivity index (χ1n) is 9.72. The Labute approximate surface area is 170 Å². The van der Waals surface area contributed by atoms with Crippen LogP contribution in [0, 0.1) is 5.82 Å². The van der Waals surface area contributed by atoms with Crippen molar-refractivity contribution in [3.05, 3.63) is 84.3 Å². The van der Waals surface area contributed by atoms with Gasteiger partial charge in [0.1, 0.15) is 11.6 Å². The molecule has 5 nitrogen and oxygen atoms in total. The van der Waals surface area contributed by atoms with Crippen LogP contribution in [0.5, 0.6) is 11.6 Å². The van der Waals surface area contributed by atoms with Gasteiger partial charge in [-0.05, 0) is 29.8 Å². The SMILES string of the molecule is Fc1ccc(Oc2ccnc(N3CCN(C/C=C/c4ccccc4)CC3)n2)cc1. The molecule has 6 heteroatoms. The maximum Gasteiger partial charge on any atom is 0.228 e. The second kappa shape index (κ2) is 9.30. The summed E-state index contributed by atoms with van der Waals surface area (Å²) in [5.74, 6) is 1.36. The van der Waals surface area contributed by atoms with Crippen LogP contribution in [-0.4, -0.2) is 47.6 Å². The van der Waals surface area contributed by atoms with Crippen LogP contribution < -0.4 is 9.64 Å². The summed E-state index contributed by atoms with van der Waals surface area (Å²) < 4.78 is 18.7. The fourth-order valence-corrected chi connectivity index (χ4v) is 3.20. The molecule has 1 aromatic heterocycles. The second-order valence-corrected chi connectivity index (χ2v) is 6.85. The highest BCUT2D eigenvalue weighted by Gasteiger charge is 2.18. The van der Waals surface area contributed by atoms with E-state index < -0.39 is 0 Å². The fraction of sp³-hybridized carbons (Fsp3) is 0.217. The summed E-state index contributed by atoms with van der Waals surface area (Å²) in [5, 5.41) is 0. The van der Waals surface area contributed by atoms with Gasteiger partial charge in [-0.25, -0.2) is 9.37 Å². The van der Waals surface area contributed by atoms with E-state index in [1.165, 1.54) is 17.7 Å². The van der Waals surface area contributed by atoms with E-state index in [1.807, 2.05) is 18.2 Å². The Hall–Kier alpha value is -3.25. The quantitative estimate of drug-likeness (QED) is 0.630. The standard InChI is InChI=1S/C23H23FN4O/c24-20-8-10-21(11-9-20)29-22-12-13-25-23(26-22)28-17-15-27(16-18-28)14-4-7-19-5-2-1-3-6-19/h1-13H,14-18H2/b7-4+. The van der Waals surface area contributed by atoms with Crippen molar-refractivity contribution in [1.29, 1.82) is 0 Å². The van der Waals surface area contributed by atoms with Crippen LogP contribution in [0.4, 0.5) is 10.3 Å². The van der Waals surface area contributed by atoms with Gasteiger partial charge in [0.25, 0.3) is 0 Å². The van der Waals surface area contributed by atoms with Gasteiger partial charge in [0.15, 0.2) is 0 Å². The highest BCUT2D eigenvalue weighted by atomic mass is 19.1. The molecule has 1 saturated heterocycles. The summed E-state index contributed by atoms with van der Waals surface area (Å²) in [4.78, 5) is 13.5. The van der Waals surface area contributed by atoms with Gasteiger partial charge < -0.3 is 9.64 Å². The third-order valence-electron chi connectivity index (χ3n) is 4.78. The lowest BCUT2D eigenvalue weighted by molar-refractivity contribution is 0.282. The van der Waals surface area contributed by atoms with E-state index in [4.69, 9.17) is 4.74 Å². The molecule has 29 heavy (non-hydrogen) atoms.